The van der Waals surface area contributed by atoms with Crippen molar-refractivity contribution in [2.45, 2.75) is 39.4 Å². The molecule has 1 atom stereocenters. The van der Waals surface area contributed by atoms with Gasteiger partial charge in [0.15, 0.2) is 0 Å². The van der Waals surface area contributed by atoms with Crippen molar-refractivity contribution in [1.29, 1.82) is 0 Å². The fourth-order valence-corrected chi connectivity index (χ4v) is 2.81. The molecule has 6 heteroatoms. The monoisotopic (exact) mass is 325 g/mol. The Kier molecular flexibility index (Phi) is 4.76. The molecule has 2 aromatic heterocycles. The summed E-state index contributed by atoms with van der Waals surface area (Å²) in [4.78, 5) is 4.05. The van der Waals surface area contributed by atoms with E-state index < -0.39 is 0 Å². The average Bonchev–Trinajstić information content (AvgIpc) is 2.96. The van der Waals surface area contributed by atoms with Crippen molar-refractivity contribution in [2.24, 2.45) is 7.05 Å². The van der Waals surface area contributed by atoms with Crippen molar-refractivity contribution in [2.75, 3.05) is 0 Å². The molecule has 0 aliphatic heterocycles. The number of rotatable bonds is 6. The Morgan fingerprint density at radius 1 is 1.47 bits per heavy atom. The summed E-state index contributed by atoms with van der Waals surface area (Å²) in [6.07, 6.45) is 6.57. The number of aryl methyl sites for hydroxylation is 2. The molecule has 0 saturated carbocycles. The highest BCUT2D eigenvalue weighted by molar-refractivity contribution is 9.10. The summed E-state index contributed by atoms with van der Waals surface area (Å²) < 4.78 is 5.15. The van der Waals surface area contributed by atoms with Gasteiger partial charge >= 0.3 is 0 Å². The SMILES string of the molecule is CCc1nn(C)c(CNC(C)Cn2ccnc2)c1Br. The summed E-state index contributed by atoms with van der Waals surface area (Å²) in [7, 11) is 1.99. The van der Waals surface area contributed by atoms with Crippen LogP contribution in [0.1, 0.15) is 25.2 Å². The van der Waals surface area contributed by atoms with Crippen molar-refractivity contribution < 1.29 is 0 Å². The maximum absolute atomic E-state index is 4.50. The molecule has 0 bridgehead atoms. The minimum atomic E-state index is 0.376. The van der Waals surface area contributed by atoms with Crippen LogP contribution in [0.25, 0.3) is 0 Å². The molecule has 1 N–H and O–H groups in total. The first-order chi connectivity index (χ1) is 9.11. The number of nitrogens with one attached hydrogen (secondary N) is 1. The minimum Gasteiger partial charge on any atom is -0.336 e. The van der Waals surface area contributed by atoms with E-state index in [0.29, 0.717) is 6.04 Å². The smallest absolute Gasteiger partial charge is 0.0946 e. The summed E-state index contributed by atoms with van der Waals surface area (Å²) in [5.74, 6) is 0. The van der Waals surface area contributed by atoms with Gasteiger partial charge in [0, 0.05) is 38.6 Å². The Hall–Kier alpha value is -1.14. The summed E-state index contributed by atoms with van der Waals surface area (Å²) >= 11 is 3.63. The zero-order chi connectivity index (χ0) is 13.8. The standard InChI is InChI=1S/C13H20BrN5/c1-4-11-13(14)12(18(3)17-11)7-16-10(2)8-19-6-5-15-9-19/h5-6,9-10,16H,4,7-8H2,1-3H3. The van der Waals surface area contributed by atoms with E-state index in [9.17, 15) is 0 Å². The first-order valence-corrected chi connectivity index (χ1v) is 7.30. The molecule has 1 unspecified atom stereocenters. The molecule has 0 saturated heterocycles. The van der Waals surface area contributed by atoms with Crippen molar-refractivity contribution in [3.63, 3.8) is 0 Å². The lowest BCUT2D eigenvalue weighted by molar-refractivity contribution is 0.466. The van der Waals surface area contributed by atoms with Crippen LogP contribution in [-0.4, -0.2) is 25.4 Å². The average molecular weight is 326 g/mol. The maximum Gasteiger partial charge on any atom is 0.0946 e. The molecule has 0 aliphatic rings. The highest BCUT2D eigenvalue weighted by Crippen LogP contribution is 2.21. The Morgan fingerprint density at radius 2 is 2.26 bits per heavy atom. The van der Waals surface area contributed by atoms with Gasteiger partial charge in [-0.1, -0.05) is 6.92 Å². The third-order valence-corrected chi connectivity index (χ3v) is 4.08. The largest absolute Gasteiger partial charge is 0.336 e. The van der Waals surface area contributed by atoms with Gasteiger partial charge in [0.05, 0.1) is 22.2 Å². The fraction of sp³-hybridized carbons (Fsp3) is 0.538. The molecule has 2 rings (SSSR count). The quantitative estimate of drug-likeness (QED) is 0.885. The van der Waals surface area contributed by atoms with E-state index in [1.807, 2.05) is 24.3 Å². The fourth-order valence-electron chi connectivity index (χ4n) is 2.06. The first-order valence-electron chi connectivity index (χ1n) is 6.51. The second-order valence-corrected chi connectivity index (χ2v) is 5.52. The topological polar surface area (TPSA) is 47.7 Å². The Balaban J connectivity index is 1.93. The second-order valence-electron chi connectivity index (χ2n) is 4.73. The molecule has 5 nitrogen and oxygen atoms in total. The van der Waals surface area contributed by atoms with Crippen LogP contribution in [0.2, 0.25) is 0 Å². The summed E-state index contributed by atoms with van der Waals surface area (Å²) in [5.41, 5.74) is 2.30. The van der Waals surface area contributed by atoms with E-state index in [0.717, 1.165) is 29.7 Å². The molecule has 0 amide bonds. The lowest BCUT2D eigenvalue weighted by Gasteiger charge is -2.14. The van der Waals surface area contributed by atoms with Gasteiger partial charge in [0.25, 0.3) is 0 Å². The first kappa shape index (κ1) is 14.3. The molecule has 0 spiro atoms. The highest BCUT2D eigenvalue weighted by atomic mass is 79.9. The van der Waals surface area contributed by atoms with Crippen LogP contribution >= 0.6 is 15.9 Å². The highest BCUT2D eigenvalue weighted by Gasteiger charge is 2.13. The van der Waals surface area contributed by atoms with Gasteiger partial charge < -0.3 is 9.88 Å². The number of imidazole rings is 1. The van der Waals surface area contributed by atoms with E-state index in [1.54, 1.807) is 6.20 Å². The molecule has 2 aromatic rings. The Bertz CT molecular complexity index is 517. The van der Waals surface area contributed by atoms with Crippen molar-refractivity contribution in [3.05, 3.63) is 34.6 Å². The van der Waals surface area contributed by atoms with Crippen LogP contribution in [0, 0.1) is 0 Å². The number of nitrogens with zero attached hydrogens (tertiary/aromatic N) is 4. The van der Waals surface area contributed by atoms with Gasteiger partial charge in [-0.25, -0.2) is 4.98 Å². The van der Waals surface area contributed by atoms with E-state index in [-0.39, 0.29) is 0 Å². The summed E-state index contributed by atoms with van der Waals surface area (Å²) in [6, 6.07) is 0.376. The van der Waals surface area contributed by atoms with Crippen LogP contribution in [0.3, 0.4) is 0 Å². The Labute approximate surface area is 122 Å². The summed E-state index contributed by atoms with van der Waals surface area (Å²) in [6.45, 7) is 6.01. The van der Waals surface area contributed by atoms with Crippen molar-refractivity contribution in [3.8, 4) is 0 Å². The number of hydrogen-bond donors (Lipinski definition) is 1. The third-order valence-electron chi connectivity index (χ3n) is 3.16. The van der Waals surface area contributed by atoms with Crippen molar-refractivity contribution in [1.82, 2.24) is 24.6 Å². The molecule has 2 heterocycles. The van der Waals surface area contributed by atoms with Gasteiger partial charge in [-0.3, -0.25) is 4.68 Å². The van der Waals surface area contributed by atoms with Crippen LogP contribution in [0.5, 0.6) is 0 Å². The molecular weight excluding hydrogens is 306 g/mol. The second kappa shape index (κ2) is 6.34. The molecule has 0 aromatic carbocycles. The summed E-state index contributed by atoms with van der Waals surface area (Å²) in [5, 5.41) is 8.01. The van der Waals surface area contributed by atoms with Crippen LogP contribution in [0.4, 0.5) is 0 Å². The molecular formula is C13H20BrN5. The van der Waals surface area contributed by atoms with E-state index in [1.165, 1.54) is 5.69 Å². The molecule has 0 aliphatic carbocycles. The van der Waals surface area contributed by atoms with E-state index in [2.05, 4.69) is 49.7 Å². The lowest BCUT2D eigenvalue weighted by Crippen LogP contribution is -2.30. The van der Waals surface area contributed by atoms with Gasteiger partial charge in [-0.15, -0.1) is 0 Å². The normalized spacial score (nSPS) is 12.8. The predicted octanol–water partition coefficient (Wildman–Crippen LogP) is 2.12. The molecule has 0 fully saturated rings. The molecule has 104 valence electrons. The predicted molar refractivity (Wildman–Crippen MR) is 78.8 cm³/mol. The molecule has 19 heavy (non-hydrogen) atoms. The number of aromatic nitrogens is 4. The van der Waals surface area contributed by atoms with Gasteiger partial charge in [0.2, 0.25) is 0 Å². The Morgan fingerprint density at radius 3 is 2.84 bits per heavy atom. The number of hydrogen-bond acceptors (Lipinski definition) is 3. The zero-order valence-electron chi connectivity index (χ0n) is 11.6. The van der Waals surface area contributed by atoms with Crippen LogP contribution in [-0.2, 0) is 26.6 Å². The van der Waals surface area contributed by atoms with Gasteiger partial charge in [0.1, 0.15) is 0 Å². The van der Waals surface area contributed by atoms with Crippen LogP contribution in [0.15, 0.2) is 23.2 Å². The van der Waals surface area contributed by atoms with E-state index >= 15 is 0 Å². The van der Waals surface area contributed by atoms with Gasteiger partial charge in [-0.05, 0) is 29.3 Å². The van der Waals surface area contributed by atoms with Crippen molar-refractivity contribution >= 4 is 15.9 Å². The molecule has 0 radical (unpaired) electrons. The van der Waals surface area contributed by atoms with Gasteiger partial charge in [-0.2, -0.15) is 5.10 Å². The number of halogens is 1. The minimum absolute atomic E-state index is 0.376. The lowest BCUT2D eigenvalue weighted by atomic mass is 10.2. The van der Waals surface area contributed by atoms with Crippen LogP contribution < -0.4 is 5.32 Å². The maximum atomic E-state index is 4.50. The zero-order valence-corrected chi connectivity index (χ0v) is 13.2. The van der Waals surface area contributed by atoms with E-state index in [4.69, 9.17) is 0 Å². The third kappa shape index (κ3) is 3.45.